The number of rotatable bonds is 7. The molecule has 3 aromatic rings. The quantitative estimate of drug-likeness (QED) is 0.582. The highest BCUT2D eigenvalue weighted by Crippen LogP contribution is 2.34. The van der Waals surface area contributed by atoms with Crippen LogP contribution < -0.4 is 4.74 Å². The number of thioether (sulfide) groups is 1. The summed E-state index contributed by atoms with van der Waals surface area (Å²) in [6.45, 7) is 2.16. The van der Waals surface area contributed by atoms with Crippen LogP contribution in [0, 0.1) is 6.92 Å². The Morgan fingerprint density at radius 2 is 2.00 bits per heavy atom. The number of ether oxygens (including phenoxy) is 1. The number of aryl methyl sites for hydroxylation is 1. The van der Waals surface area contributed by atoms with Crippen molar-refractivity contribution >= 4 is 29.3 Å². The van der Waals surface area contributed by atoms with Gasteiger partial charge < -0.3 is 9.64 Å². The summed E-state index contributed by atoms with van der Waals surface area (Å²) in [7, 11) is 3.48. The SMILES string of the molecule is Cc1cc(OCc2nc(S[C@@H](C(=O)N(C)C)c3ccccc3)n[nH]2)ccc1Cl. The molecule has 0 radical (unpaired) electrons. The van der Waals surface area contributed by atoms with Crippen LogP contribution in [0.2, 0.25) is 5.02 Å². The van der Waals surface area contributed by atoms with Gasteiger partial charge in [-0.1, -0.05) is 53.7 Å². The lowest BCUT2D eigenvalue weighted by Crippen LogP contribution is -2.26. The number of carbonyl (C=O) groups excluding carboxylic acids is 1. The number of aromatic amines is 1. The number of nitrogens with zero attached hydrogens (tertiary/aromatic N) is 3. The second-order valence-corrected chi connectivity index (χ2v) is 7.89. The van der Waals surface area contributed by atoms with Gasteiger partial charge in [0.2, 0.25) is 11.1 Å². The van der Waals surface area contributed by atoms with E-state index in [1.54, 1.807) is 25.1 Å². The Bertz CT molecular complexity index is 946. The highest BCUT2D eigenvalue weighted by molar-refractivity contribution is 8.00. The van der Waals surface area contributed by atoms with Gasteiger partial charge >= 0.3 is 0 Å². The van der Waals surface area contributed by atoms with E-state index >= 15 is 0 Å². The van der Waals surface area contributed by atoms with Crippen molar-refractivity contribution in [3.63, 3.8) is 0 Å². The lowest BCUT2D eigenvalue weighted by molar-refractivity contribution is -0.128. The fraction of sp³-hybridized carbons (Fsp3) is 0.250. The smallest absolute Gasteiger partial charge is 0.240 e. The van der Waals surface area contributed by atoms with Crippen LogP contribution in [0.5, 0.6) is 5.75 Å². The summed E-state index contributed by atoms with van der Waals surface area (Å²) in [6.07, 6.45) is 0. The molecule has 6 nitrogen and oxygen atoms in total. The number of benzene rings is 2. The van der Waals surface area contributed by atoms with Crippen LogP contribution in [0.25, 0.3) is 0 Å². The Morgan fingerprint density at radius 3 is 2.68 bits per heavy atom. The number of aromatic nitrogens is 3. The van der Waals surface area contributed by atoms with Gasteiger partial charge in [-0.25, -0.2) is 4.98 Å². The van der Waals surface area contributed by atoms with Gasteiger partial charge in [-0.3, -0.25) is 9.89 Å². The molecule has 1 atom stereocenters. The van der Waals surface area contributed by atoms with Gasteiger partial charge in [0.15, 0.2) is 5.82 Å². The predicted molar refractivity (Wildman–Crippen MR) is 111 cm³/mol. The van der Waals surface area contributed by atoms with Crippen LogP contribution in [0.1, 0.15) is 22.2 Å². The number of H-pyrrole nitrogens is 1. The average molecular weight is 417 g/mol. The first-order chi connectivity index (χ1) is 13.4. The third-order valence-corrected chi connectivity index (χ3v) is 5.53. The number of hydrogen-bond donors (Lipinski definition) is 1. The van der Waals surface area contributed by atoms with Gasteiger partial charge in [0.25, 0.3) is 0 Å². The van der Waals surface area contributed by atoms with E-state index in [4.69, 9.17) is 16.3 Å². The van der Waals surface area contributed by atoms with E-state index in [9.17, 15) is 4.79 Å². The number of likely N-dealkylation sites (N-methyl/N-ethyl adjacent to an activating group) is 1. The van der Waals surface area contributed by atoms with Crippen LogP contribution in [-0.2, 0) is 11.4 Å². The highest BCUT2D eigenvalue weighted by Gasteiger charge is 2.25. The van der Waals surface area contributed by atoms with Gasteiger partial charge in [0.1, 0.15) is 17.6 Å². The molecule has 3 rings (SSSR count). The summed E-state index contributed by atoms with van der Waals surface area (Å²) >= 11 is 7.34. The molecule has 0 aliphatic heterocycles. The molecule has 1 amide bonds. The van der Waals surface area contributed by atoms with Crippen molar-refractivity contribution in [2.45, 2.75) is 23.9 Å². The molecule has 1 N–H and O–H groups in total. The van der Waals surface area contributed by atoms with Crippen molar-refractivity contribution in [1.29, 1.82) is 0 Å². The molecule has 2 aromatic carbocycles. The largest absolute Gasteiger partial charge is 0.486 e. The van der Waals surface area contributed by atoms with Gasteiger partial charge in [-0.05, 0) is 36.2 Å². The molecule has 0 unspecified atom stereocenters. The van der Waals surface area contributed by atoms with Crippen LogP contribution in [-0.4, -0.2) is 40.1 Å². The van der Waals surface area contributed by atoms with Gasteiger partial charge in [-0.2, -0.15) is 0 Å². The molecule has 0 fully saturated rings. The van der Waals surface area contributed by atoms with Gasteiger partial charge in [0, 0.05) is 19.1 Å². The Labute approximate surface area is 173 Å². The Morgan fingerprint density at radius 1 is 1.25 bits per heavy atom. The summed E-state index contributed by atoms with van der Waals surface area (Å²) < 4.78 is 5.74. The first-order valence-corrected chi connectivity index (χ1v) is 9.93. The zero-order valence-corrected chi connectivity index (χ0v) is 17.4. The van der Waals surface area contributed by atoms with Gasteiger partial charge in [0.05, 0.1) is 0 Å². The van der Waals surface area contributed by atoms with E-state index in [-0.39, 0.29) is 12.5 Å². The standard InChI is InChI=1S/C20H21ClN4O2S/c1-13-11-15(9-10-16(13)21)27-12-17-22-20(24-23-17)28-18(19(26)25(2)3)14-7-5-4-6-8-14/h4-11,18H,12H2,1-3H3,(H,22,23,24)/t18-/m1/s1. The third kappa shape index (κ3) is 5.05. The molecule has 8 heteroatoms. The maximum absolute atomic E-state index is 12.6. The number of nitrogens with one attached hydrogen (secondary N) is 1. The average Bonchev–Trinajstić information content (AvgIpc) is 3.14. The molecule has 0 aliphatic rings. The summed E-state index contributed by atoms with van der Waals surface area (Å²) in [5.41, 5.74) is 1.85. The molecule has 0 bridgehead atoms. The lowest BCUT2D eigenvalue weighted by Gasteiger charge is -2.19. The minimum Gasteiger partial charge on any atom is -0.486 e. The van der Waals surface area contributed by atoms with Gasteiger partial charge in [-0.15, -0.1) is 5.10 Å². The van der Waals surface area contributed by atoms with Crippen LogP contribution in [0.3, 0.4) is 0 Å². The van der Waals surface area contributed by atoms with E-state index in [0.29, 0.717) is 21.8 Å². The maximum Gasteiger partial charge on any atom is 0.240 e. The molecule has 28 heavy (non-hydrogen) atoms. The van der Waals surface area contributed by atoms with Crippen LogP contribution in [0.15, 0.2) is 53.7 Å². The number of halogens is 1. The molecule has 1 heterocycles. The van der Waals surface area contributed by atoms with E-state index in [2.05, 4.69) is 15.2 Å². The fourth-order valence-corrected chi connectivity index (χ4v) is 3.68. The molecule has 0 spiro atoms. The minimum atomic E-state index is -0.417. The predicted octanol–water partition coefficient (Wildman–Crippen LogP) is 4.27. The number of hydrogen-bond acceptors (Lipinski definition) is 5. The highest BCUT2D eigenvalue weighted by atomic mass is 35.5. The molecule has 0 saturated heterocycles. The maximum atomic E-state index is 12.6. The van der Waals surface area contributed by atoms with Crippen molar-refractivity contribution in [2.75, 3.05) is 14.1 Å². The van der Waals surface area contributed by atoms with Crippen molar-refractivity contribution in [1.82, 2.24) is 20.1 Å². The monoisotopic (exact) mass is 416 g/mol. The number of amides is 1. The lowest BCUT2D eigenvalue weighted by atomic mass is 10.1. The fourth-order valence-electron chi connectivity index (χ4n) is 2.48. The summed E-state index contributed by atoms with van der Waals surface area (Å²) in [5.74, 6) is 1.27. The Balaban J connectivity index is 1.69. The molecule has 0 aliphatic carbocycles. The van der Waals surface area contributed by atoms with Crippen molar-refractivity contribution in [3.05, 3.63) is 70.5 Å². The van der Waals surface area contributed by atoms with E-state index in [1.807, 2.05) is 49.4 Å². The summed E-state index contributed by atoms with van der Waals surface area (Å²) in [5, 5.41) is 7.87. The summed E-state index contributed by atoms with van der Waals surface area (Å²) in [6, 6.07) is 15.1. The van der Waals surface area contributed by atoms with E-state index < -0.39 is 5.25 Å². The molecule has 0 saturated carbocycles. The molecule has 146 valence electrons. The topological polar surface area (TPSA) is 71.1 Å². The zero-order valence-electron chi connectivity index (χ0n) is 15.8. The number of carbonyl (C=O) groups is 1. The molecular formula is C20H21ClN4O2S. The molecule has 1 aromatic heterocycles. The Hall–Kier alpha value is -2.51. The molecular weight excluding hydrogens is 396 g/mol. The van der Waals surface area contributed by atoms with Crippen molar-refractivity contribution in [3.8, 4) is 5.75 Å². The third-order valence-electron chi connectivity index (χ3n) is 4.01. The first kappa shape index (κ1) is 20.2. The Kier molecular flexibility index (Phi) is 6.59. The van der Waals surface area contributed by atoms with E-state index in [0.717, 1.165) is 11.1 Å². The van der Waals surface area contributed by atoms with Crippen LogP contribution in [0.4, 0.5) is 0 Å². The van der Waals surface area contributed by atoms with Crippen molar-refractivity contribution < 1.29 is 9.53 Å². The summed E-state index contributed by atoms with van der Waals surface area (Å²) in [4.78, 5) is 18.6. The second kappa shape index (κ2) is 9.12. The normalized spacial score (nSPS) is 11.9. The van der Waals surface area contributed by atoms with Crippen molar-refractivity contribution in [2.24, 2.45) is 0 Å². The van der Waals surface area contributed by atoms with E-state index in [1.165, 1.54) is 11.8 Å². The first-order valence-electron chi connectivity index (χ1n) is 8.67. The second-order valence-electron chi connectivity index (χ2n) is 6.41. The zero-order chi connectivity index (χ0) is 20.1. The minimum absolute atomic E-state index is 0.0181. The van der Waals surface area contributed by atoms with Crippen LogP contribution >= 0.6 is 23.4 Å².